The van der Waals surface area contributed by atoms with Gasteiger partial charge in [-0.15, -0.1) is 0 Å². The molecule has 0 aromatic heterocycles. The minimum atomic E-state index is -0.678. The summed E-state index contributed by atoms with van der Waals surface area (Å²) in [6, 6.07) is 7.52. The Labute approximate surface area is 131 Å². The number of benzene rings is 1. The summed E-state index contributed by atoms with van der Waals surface area (Å²) >= 11 is 0. The number of rotatable bonds is 5. The SMILES string of the molecule is CN(C)C(=O)c1cccc(CCNC(=O)C2(N)CCCC2)c1. The summed E-state index contributed by atoms with van der Waals surface area (Å²) in [7, 11) is 3.47. The molecule has 0 unspecified atom stereocenters. The number of hydrogen-bond donors (Lipinski definition) is 2. The van der Waals surface area contributed by atoms with Gasteiger partial charge in [-0.2, -0.15) is 0 Å². The van der Waals surface area contributed by atoms with E-state index in [0.29, 0.717) is 18.5 Å². The van der Waals surface area contributed by atoms with Crippen LogP contribution in [0.2, 0.25) is 0 Å². The van der Waals surface area contributed by atoms with E-state index in [0.717, 1.165) is 31.2 Å². The Hall–Kier alpha value is -1.88. The van der Waals surface area contributed by atoms with Crippen molar-refractivity contribution in [3.8, 4) is 0 Å². The number of carbonyl (C=O) groups is 2. The highest BCUT2D eigenvalue weighted by Gasteiger charge is 2.36. The zero-order chi connectivity index (χ0) is 16.2. The number of hydrogen-bond acceptors (Lipinski definition) is 3. The lowest BCUT2D eigenvalue weighted by Gasteiger charge is -2.22. The molecule has 0 heterocycles. The van der Waals surface area contributed by atoms with Crippen LogP contribution in [0.3, 0.4) is 0 Å². The summed E-state index contributed by atoms with van der Waals surface area (Å²) < 4.78 is 0. The molecule has 3 N–H and O–H groups in total. The van der Waals surface area contributed by atoms with Crippen LogP contribution in [0.1, 0.15) is 41.6 Å². The van der Waals surface area contributed by atoms with Gasteiger partial charge in [0.25, 0.3) is 5.91 Å². The van der Waals surface area contributed by atoms with Crippen molar-refractivity contribution in [2.24, 2.45) is 5.73 Å². The molecule has 5 nitrogen and oxygen atoms in total. The van der Waals surface area contributed by atoms with Crippen LogP contribution in [0.4, 0.5) is 0 Å². The standard InChI is InChI=1S/C17H25N3O2/c1-20(2)15(21)14-7-5-6-13(12-14)8-11-19-16(22)17(18)9-3-4-10-17/h5-7,12H,3-4,8-11,18H2,1-2H3,(H,19,22). The van der Waals surface area contributed by atoms with Crippen molar-refractivity contribution in [3.05, 3.63) is 35.4 Å². The minimum absolute atomic E-state index is 0.0160. The Bertz CT molecular complexity index is 549. The smallest absolute Gasteiger partial charge is 0.253 e. The fourth-order valence-electron chi connectivity index (χ4n) is 2.85. The van der Waals surface area contributed by atoms with E-state index in [2.05, 4.69) is 5.32 Å². The zero-order valence-corrected chi connectivity index (χ0v) is 13.4. The van der Waals surface area contributed by atoms with Crippen LogP contribution in [0, 0.1) is 0 Å². The fourth-order valence-corrected chi connectivity index (χ4v) is 2.85. The molecule has 0 radical (unpaired) electrons. The average Bonchev–Trinajstić information content (AvgIpc) is 2.95. The summed E-state index contributed by atoms with van der Waals surface area (Å²) in [6.07, 6.45) is 4.28. The van der Waals surface area contributed by atoms with Gasteiger partial charge in [-0.3, -0.25) is 9.59 Å². The van der Waals surface area contributed by atoms with Gasteiger partial charge in [0.15, 0.2) is 0 Å². The average molecular weight is 303 g/mol. The van der Waals surface area contributed by atoms with E-state index in [9.17, 15) is 9.59 Å². The first-order valence-electron chi connectivity index (χ1n) is 7.80. The third-order valence-corrected chi connectivity index (χ3v) is 4.23. The number of amides is 2. The molecule has 1 aromatic carbocycles. The van der Waals surface area contributed by atoms with Crippen LogP contribution in [0.5, 0.6) is 0 Å². The summed E-state index contributed by atoms with van der Waals surface area (Å²) in [5.74, 6) is -0.0664. The first kappa shape index (κ1) is 16.5. The van der Waals surface area contributed by atoms with Crippen molar-refractivity contribution in [1.82, 2.24) is 10.2 Å². The summed E-state index contributed by atoms with van der Waals surface area (Å²) in [4.78, 5) is 25.6. The highest BCUT2D eigenvalue weighted by molar-refractivity contribution is 5.94. The minimum Gasteiger partial charge on any atom is -0.354 e. The van der Waals surface area contributed by atoms with E-state index in [4.69, 9.17) is 5.73 Å². The normalized spacial score (nSPS) is 16.3. The van der Waals surface area contributed by atoms with Gasteiger partial charge in [-0.05, 0) is 37.0 Å². The largest absolute Gasteiger partial charge is 0.354 e. The molecule has 22 heavy (non-hydrogen) atoms. The lowest BCUT2D eigenvalue weighted by molar-refractivity contribution is -0.126. The number of carbonyl (C=O) groups excluding carboxylic acids is 2. The van der Waals surface area contributed by atoms with Crippen LogP contribution in [0.15, 0.2) is 24.3 Å². The van der Waals surface area contributed by atoms with Gasteiger partial charge in [0, 0.05) is 26.2 Å². The molecule has 0 atom stereocenters. The Kier molecular flexibility index (Phi) is 5.19. The molecule has 0 bridgehead atoms. The van der Waals surface area contributed by atoms with Crippen LogP contribution in [-0.2, 0) is 11.2 Å². The molecule has 0 saturated heterocycles. The van der Waals surface area contributed by atoms with E-state index in [-0.39, 0.29) is 11.8 Å². The molecule has 2 rings (SSSR count). The molecule has 2 amide bonds. The van der Waals surface area contributed by atoms with Gasteiger partial charge >= 0.3 is 0 Å². The molecule has 1 aliphatic rings. The maximum atomic E-state index is 12.1. The summed E-state index contributed by atoms with van der Waals surface area (Å²) in [5.41, 5.74) is 7.14. The lowest BCUT2D eigenvalue weighted by atomic mass is 9.98. The van der Waals surface area contributed by atoms with Crippen molar-refractivity contribution < 1.29 is 9.59 Å². The quantitative estimate of drug-likeness (QED) is 0.861. The molecule has 5 heteroatoms. The van der Waals surface area contributed by atoms with Crippen LogP contribution < -0.4 is 11.1 Å². The number of nitrogens with two attached hydrogens (primary N) is 1. The molecule has 1 fully saturated rings. The monoisotopic (exact) mass is 303 g/mol. The molecule has 1 aliphatic carbocycles. The summed E-state index contributed by atoms with van der Waals surface area (Å²) in [5, 5.41) is 2.93. The highest BCUT2D eigenvalue weighted by Crippen LogP contribution is 2.27. The maximum Gasteiger partial charge on any atom is 0.253 e. The Morgan fingerprint density at radius 2 is 1.95 bits per heavy atom. The second kappa shape index (κ2) is 6.92. The van der Waals surface area contributed by atoms with Crippen molar-refractivity contribution in [1.29, 1.82) is 0 Å². The third kappa shape index (κ3) is 3.85. The Balaban J connectivity index is 1.88. The predicted octanol–water partition coefficient (Wildman–Crippen LogP) is 1.32. The topological polar surface area (TPSA) is 75.4 Å². The Morgan fingerprint density at radius 3 is 2.59 bits per heavy atom. The first-order valence-corrected chi connectivity index (χ1v) is 7.80. The van der Waals surface area contributed by atoms with Gasteiger partial charge in [0.2, 0.25) is 5.91 Å². The number of nitrogens with one attached hydrogen (secondary N) is 1. The van der Waals surface area contributed by atoms with E-state index < -0.39 is 5.54 Å². The van der Waals surface area contributed by atoms with E-state index in [1.807, 2.05) is 18.2 Å². The molecule has 0 spiro atoms. The second-order valence-electron chi connectivity index (χ2n) is 6.27. The van der Waals surface area contributed by atoms with Crippen molar-refractivity contribution in [2.75, 3.05) is 20.6 Å². The van der Waals surface area contributed by atoms with E-state index in [1.165, 1.54) is 0 Å². The molecule has 0 aliphatic heterocycles. The first-order chi connectivity index (χ1) is 10.4. The van der Waals surface area contributed by atoms with E-state index in [1.54, 1.807) is 25.1 Å². The van der Waals surface area contributed by atoms with Gasteiger partial charge in [-0.1, -0.05) is 25.0 Å². The third-order valence-electron chi connectivity index (χ3n) is 4.23. The highest BCUT2D eigenvalue weighted by atomic mass is 16.2. The zero-order valence-electron chi connectivity index (χ0n) is 13.4. The molecule has 1 saturated carbocycles. The van der Waals surface area contributed by atoms with Crippen molar-refractivity contribution in [2.45, 2.75) is 37.6 Å². The molecular formula is C17H25N3O2. The van der Waals surface area contributed by atoms with Gasteiger partial charge < -0.3 is 16.0 Å². The maximum absolute atomic E-state index is 12.1. The van der Waals surface area contributed by atoms with Crippen LogP contribution in [-0.4, -0.2) is 42.9 Å². The Morgan fingerprint density at radius 1 is 1.27 bits per heavy atom. The van der Waals surface area contributed by atoms with Crippen LogP contribution in [0.25, 0.3) is 0 Å². The summed E-state index contributed by atoms with van der Waals surface area (Å²) in [6.45, 7) is 0.539. The molecule has 1 aromatic rings. The van der Waals surface area contributed by atoms with Gasteiger partial charge in [0.1, 0.15) is 0 Å². The van der Waals surface area contributed by atoms with E-state index >= 15 is 0 Å². The molecule has 120 valence electrons. The van der Waals surface area contributed by atoms with Gasteiger partial charge in [-0.25, -0.2) is 0 Å². The van der Waals surface area contributed by atoms with Crippen LogP contribution >= 0.6 is 0 Å². The van der Waals surface area contributed by atoms with Crippen molar-refractivity contribution in [3.63, 3.8) is 0 Å². The fraction of sp³-hybridized carbons (Fsp3) is 0.529. The van der Waals surface area contributed by atoms with Crippen molar-refractivity contribution >= 4 is 11.8 Å². The predicted molar refractivity (Wildman–Crippen MR) is 86.6 cm³/mol. The van der Waals surface area contributed by atoms with Gasteiger partial charge in [0.05, 0.1) is 5.54 Å². The second-order valence-corrected chi connectivity index (χ2v) is 6.27. The number of nitrogens with zero attached hydrogens (tertiary/aromatic N) is 1. The molecular weight excluding hydrogens is 278 g/mol. The lowest BCUT2D eigenvalue weighted by Crippen LogP contribution is -2.52.